The van der Waals surface area contributed by atoms with Crippen LogP contribution < -0.4 is 20.1 Å². The van der Waals surface area contributed by atoms with E-state index in [0.717, 1.165) is 19.3 Å². The van der Waals surface area contributed by atoms with Gasteiger partial charge >= 0.3 is 6.03 Å². The highest BCUT2D eigenvalue weighted by molar-refractivity contribution is 9.10. The van der Waals surface area contributed by atoms with E-state index in [2.05, 4.69) is 26.6 Å². The van der Waals surface area contributed by atoms with E-state index in [-0.39, 0.29) is 17.7 Å². The molecule has 2 N–H and O–H groups in total. The fourth-order valence-electron chi connectivity index (χ4n) is 3.60. The van der Waals surface area contributed by atoms with Gasteiger partial charge in [0.05, 0.1) is 18.2 Å². The monoisotopic (exact) mass is 453 g/mol. The Hall–Kier alpha value is -2.29. The van der Waals surface area contributed by atoms with Crippen LogP contribution in [0, 0.1) is 5.92 Å². The number of halogens is 1. The lowest BCUT2D eigenvalue weighted by molar-refractivity contribution is -0.121. The van der Waals surface area contributed by atoms with E-state index in [4.69, 9.17) is 9.47 Å². The molecule has 2 aliphatic heterocycles. The number of piperidine rings is 1. The lowest BCUT2D eigenvalue weighted by Crippen LogP contribution is -2.48. The summed E-state index contributed by atoms with van der Waals surface area (Å²) < 4.78 is 11.8. The van der Waals surface area contributed by atoms with Crippen LogP contribution in [-0.4, -0.2) is 55.6 Å². The molecule has 2 saturated heterocycles. The normalized spacial score (nSPS) is 21.9. The fourth-order valence-corrected chi connectivity index (χ4v) is 4.16. The quantitative estimate of drug-likeness (QED) is 0.644. The largest absolute Gasteiger partial charge is 0.493 e. The highest BCUT2D eigenvalue weighted by Gasteiger charge is 2.39. The van der Waals surface area contributed by atoms with E-state index in [0.29, 0.717) is 41.2 Å². The Morgan fingerprint density at radius 1 is 1.36 bits per heavy atom. The number of urea groups is 1. The number of nitrogens with zero attached hydrogens (tertiary/aromatic N) is 1. The molecule has 0 unspecified atom stereocenters. The maximum absolute atomic E-state index is 13.1. The van der Waals surface area contributed by atoms with Gasteiger partial charge in [-0.15, -0.1) is 0 Å². The minimum atomic E-state index is -0.589. The number of methoxy groups -OCH3 is 1. The van der Waals surface area contributed by atoms with Crippen molar-refractivity contribution in [3.05, 3.63) is 22.2 Å². The molecule has 0 aromatic heterocycles. The number of rotatable bonds is 6. The molecular formula is C19H24BrN3O5. The summed E-state index contributed by atoms with van der Waals surface area (Å²) in [7, 11) is 1.53. The Balaban J connectivity index is 1.76. The summed E-state index contributed by atoms with van der Waals surface area (Å²) >= 11 is 3.47. The Kier molecular flexibility index (Phi) is 6.43. The van der Waals surface area contributed by atoms with Gasteiger partial charge in [0, 0.05) is 24.6 Å². The van der Waals surface area contributed by atoms with Gasteiger partial charge in [0.15, 0.2) is 11.5 Å². The van der Waals surface area contributed by atoms with Gasteiger partial charge in [-0.25, -0.2) is 4.79 Å². The first-order valence-electron chi connectivity index (χ1n) is 9.35. The molecule has 2 fully saturated rings. The van der Waals surface area contributed by atoms with Crippen molar-refractivity contribution in [2.45, 2.75) is 32.2 Å². The summed E-state index contributed by atoms with van der Waals surface area (Å²) in [5, 5.41) is 4.90. The van der Waals surface area contributed by atoms with Crippen LogP contribution in [0.25, 0.3) is 0 Å². The van der Waals surface area contributed by atoms with Crippen LogP contribution in [0.3, 0.4) is 0 Å². The first-order chi connectivity index (χ1) is 13.4. The average Bonchev–Trinajstić information content (AvgIpc) is 3.04. The highest BCUT2D eigenvalue weighted by Crippen LogP contribution is 2.37. The predicted molar refractivity (Wildman–Crippen MR) is 106 cm³/mol. The van der Waals surface area contributed by atoms with Gasteiger partial charge in [-0.3, -0.25) is 14.9 Å². The van der Waals surface area contributed by atoms with Gasteiger partial charge in [0.25, 0.3) is 11.8 Å². The van der Waals surface area contributed by atoms with Gasteiger partial charge in [0.1, 0.15) is 6.04 Å². The Morgan fingerprint density at radius 3 is 2.79 bits per heavy atom. The molecule has 9 heteroatoms. The molecule has 152 valence electrons. The average molecular weight is 454 g/mol. The molecule has 0 saturated carbocycles. The zero-order valence-corrected chi connectivity index (χ0v) is 17.5. The number of likely N-dealkylation sites (tertiary alicyclic amines) is 1. The van der Waals surface area contributed by atoms with E-state index < -0.39 is 12.1 Å². The van der Waals surface area contributed by atoms with Crippen LogP contribution in [0.5, 0.6) is 11.5 Å². The number of amides is 4. The number of benzene rings is 1. The number of carbonyl (C=O) groups excluding carboxylic acids is 3. The highest BCUT2D eigenvalue weighted by atomic mass is 79.9. The van der Waals surface area contributed by atoms with Crippen LogP contribution in [0.2, 0.25) is 0 Å². The van der Waals surface area contributed by atoms with Crippen molar-refractivity contribution in [2.24, 2.45) is 5.92 Å². The molecule has 0 spiro atoms. The van der Waals surface area contributed by atoms with Crippen molar-refractivity contribution in [1.29, 1.82) is 0 Å². The molecule has 4 amide bonds. The van der Waals surface area contributed by atoms with Crippen molar-refractivity contribution in [1.82, 2.24) is 15.5 Å². The van der Waals surface area contributed by atoms with Gasteiger partial charge < -0.3 is 19.7 Å². The summed E-state index contributed by atoms with van der Waals surface area (Å²) in [6.07, 6.45) is 2.40. The van der Waals surface area contributed by atoms with Crippen molar-refractivity contribution in [2.75, 3.05) is 26.8 Å². The third kappa shape index (κ3) is 4.24. The number of carbonyl (C=O) groups is 3. The standard InChI is InChI=1S/C19H24BrN3O5/c1-3-7-28-16-13(20)8-12(9-14(16)27-2)18(25)23-6-4-5-11(10-23)15-17(24)22-19(26)21-15/h8-9,11,15H,3-7,10H2,1-2H3,(H2,21,22,24,26)/t11-,15+/m1/s1. The summed E-state index contributed by atoms with van der Waals surface area (Å²) in [4.78, 5) is 38.1. The van der Waals surface area contributed by atoms with Gasteiger partial charge in [-0.1, -0.05) is 6.92 Å². The summed E-state index contributed by atoms with van der Waals surface area (Å²) in [6.45, 7) is 3.57. The van der Waals surface area contributed by atoms with E-state index in [1.54, 1.807) is 17.0 Å². The van der Waals surface area contributed by atoms with Gasteiger partial charge in [0.2, 0.25) is 0 Å². The molecule has 0 bridgehead atoms. The number of imide groups is 1. The topological polar surface area (TPSA) is 97.0 Å². The minimum Gasteiger partial charge on any atom is -0.493 e. The van der Waals surface area contributed by atoms with Gasteiger partial charge in [-0.2, -0.15) is 0 Å². The van der Waals surface area contributed by atoms with Crippen molar-refractivity contribution < 1.29 is 23.9 Å². The van der Waals surface area contributed by atoms with Crippen LogP contribution in [-0.2, 0) is 4.79 Å². The predicted octanol–water partition coefficient (Wildman–Crippen LogP) is 2.31. The van der Waals surface area contributed by atoms with Crippen molar-refractivity contribution >= 4 is 33.8 Å². The smallest absolute Gasteiger partial charge is 0.322 e. The Bertz CT molecular complexity index is 785. The second kappa shape index (κ2) is 8.81. The lowest BCUT2D eigenvalue weighted by atomic mass is 9.90. The van der Waals surface area contributed by atoms with Crippen LogP contribution in [0.15, 0.2) is 16.6 Å². The van der Waals surface area contributed by atoms with Crippen molar-refractivity contribution in [3.63, 3.8) is 0 Å². The number of hydrogen-bond acceptors (Lipinski definition) is 5. The van der Waals surface area contributed by atoms with E-state index >= 15 is 0 Å². The van der Waals surface area contributed by atoms with Crippen molar-refractivity contribution in [3.8, 4) is 11.5 Å². The fraction of sp³-hybridized carbons (Fsp3) is 0.526. The SMILES string of the molecule is CCCOc1c(Br)cc(C(=O)N2CCC[C@@H]([C@@H]3NC(=O)NC3=O)C2)cc1OC. The first kappa shape index (κ1) is 20.4. The lowest BCUT2D eigenvalue weighted by Gasteiger charge is -2.34. The van der Waals surface area contributed by atoms with Gasteiger partial charge in [-0.05, 0) is 47.3 Å². The first-order valence-corrected chi connectivity index (χ1v) is 10.1. The molecule has 3 rings (SSSR count). The molecule has 0 radical (unpaired) electrons. The van der Waals surface area contributed by atoms with Crippen LogP contribution in [0.1, 0.15) is 36.5 Å². The Morgan fingerprint density at radius 2 is 2.14 bits per heavy atom. The molecule has 8 nitrogen and oxygen atoms in total. The second-order valence-electron chi connectivity index (χ2n) is 6.93. The zero-order valence-electron chi connectivity index (χ0n) is 15.9. The third-order valence-corrected chi connectivity index (χ3v) is 5.54. The zero-order chi connectivity index (χ0) is 20.3. The number of hydrogen-bond donors (Lipinski definition) is 2. The Labute approximate surface area is 172 Å². The summed E-state index contributed by atoms with van der Waals surface area (Å²) in [5.74, 6) is 0.480. The number of ether oxygens (including phenoxy) is 2. The molecular weight excluding hydrogens is 430 g/mol. The number of nitrogens with one attached hydrogen (secondary N) is 2. The molecule has 28 heavy (non-hydrogen) atoms. The second-order valence-corrected chi connectivity index (χ2v) is 7.79. The molecule has 2 heterocycles. The molecule has 1 aromatic carbocycles. The van der Waals surface area contributed by atoms with Crippen LogP contribution in [0.4, 0.5) is 4.79 Å². The summed E-state index contributed by atoms with van der Waals surface area (Å²) in [6, 6.07) is 2.33. The third-order valence-electron chi connectivity index (χ3n) is 4.95. The van der Waals surface area contributed by atoms with E-state index in [1.165, 1.54) is 7.11 Å². The molecule has 2 atom stereocenters. The van der Waals surface area contributed by atoms with Crippen LogP contribution >= 0.6 is 15.9 Å². The molecule has 0 aliphatic carbocycles. The molecule has 1 aromatic rings. The van der Waals surface area contributed by atoms with E-state index in [9.17, 15) is 14.4 Å². The molecule has 2 aliphatic rings. The maximum Gasteiger partial charge on any atom is 0.322 e. The summed E-state index contributed by atoms with van der Waals surface area (Å²) in [5.41, 5.74) is 0.480. The van der Waals surface area contributed by atoms with E-state index in [1.807, 2.05) is 6.92 Å². The maximum atomic E-state index is 13.1. The minimum absolute atomic E-state index is 0.110.